The quantitative estimate of drug-likeness (QED) is 0.842. The highest BCUT2D eigenvalue weighted by atomic mass is 32.2. The van der Waals surface area contributed by atoms with Gasteiger partial charge in [-0.05, 0) is 20.9 Å². The van der Waals surface area contributed by atoms with Gasteiger partial charge in [0.1, 0.15) is 0 Å². The molecule has 6 nitrogen and oxygen atoms in total. The fraction of sp³-hybridized carbons (Fsp3) is 0.471. The Morgan fingerprint density at radius 2 is 1.79 bits per heavy atom. The molecule has 0 saturated heterocycles. The Morgan fingerprint density at radius 3 is 2.33 bits per heavy atom. The van der Waals surface area contributed by atoms with Gasteiger partial charge in [-0.25, -0.2) is 0 Å². The normalized spacial score (nSPS) is 14.9. The van der Waals surface area contributed by atoms with Crippen LogP contribution in [0.5, 0.6) is 0 Å². The van der Waals surface area contributed by atoms with Crippen LogP contribution in [-0.2, 0) is 23.1 Å². The van der Waals surface area contributed by atoms with E-state index in [0.717, 1.165) is 25.2 Å². The molecule has 1 aromatic carbocycles. The van der Waals surface area contributed by atoms with Crippen LogP contribution in [0.3, 0.4) is 0 Å². The summed E-state index contributed by atoms with van der Waals surface area (Å²) < 4.78 is 28.1. The molecule has 132 valence electrons. The predicted molar refractivity (Wildman–Crippen MR) is 95.6 cm³/mol. The molecule has 0 bridgehead atoms. The number of aromatic nitrogens is 2. The molecule has 1 aliphatic heterocycles. The zero-order valence-electron chi connectivity index (χ0n) is 14.6. The Kier molecular flexibility index (Phi) is 5.79. The molecule has 24 heavy (non-hydrogen) atoms. The van der Waals surface area contributed by atoms with E-state index in [4.69, 9.17) is 9.65 Å². The van der Waals surface area contributed by atoms with Crippen molar-refractivity contribution in [2.75, 3.05) is 19.8 Å². The number of fused-ring (bicyclic) bond motifs is 1. The maximum Gasteiger partial charge on any atom is 0.261 e. The fourth-order valence-electron chi connectivity index (χ4n) is 2.84. The lowest BCUT2D eigenvalue weighted by Crippen LogP contribution is -2.27. The number of benzene rings is 1. The van der Waals surface area contributed by atoms with E-state index in [0.29, 0.717) is 12.3 Å². The molecule has 0 unspecified atom stereocenters. The van der Waals surface area contributed by atoms with Crippen molar-refractivity contribution in [2.45, 2.75) is 32.9 Å². The maximum absolute atomic E-state index is 9.19. The van der Waals surface area contributed by atoms with Crippen molar-refractivity contribution < 1.29 is 13.0 Å². The van der Waals surface area contributed by atoms with Crippen molar-refractivity contribution in [2.24, 2.45) is 0 Å². The van der Waals surface area contributed by atoms with E-state index in [2.05, 4.69) is 60.8 Å². The fourth-order valence-corrected chi connectivity index (χ4v) is 2.84. The zero-order chi connectivity index (χ0) is 17.9. The molecule has 0 saturated carbocycles. The minimum absolute atomic E-state index is 0.426. The molecule has 2 heterocycles. The number of hydrogen-bond acceptors (Lipinski definition) is 4. The Balaban J connectivity index is 0.000000368. The largest absolute Gasteiger partial charge is 0.302 e. The van der Waals surface area contributed by atoms with Crippen molar-refractivity contribution >= 4 is 10.1 Å². The molecule has 7 heteroatoms. The number of hydrogen-bond donors (Lipinski definition) is 1. The van der Waals surface area contributed by atoms with Gasteiger partial charge in [0.05, 0.1) is 11.9 Å². The number of likely N-dealkylation sites (N-methyl/N-ethyl adjacent to an activating group) is 1. The van der Waals surface area contributed by atoms with Gasteiger partial charge in [-0.2, -0.15) is 13.5 Å². The molecule has 0 spiro atoms. The second-order valence-corrected chi connectivity index (χ2v) is 7.87. The summed E-state index contributed by atoms with van der Waals surface area (Å²) in [5.74, 6) is 0. The molecule has 0 radical (unpaired) electrons. The summed E-state index contributed by atoms with van der Waals surface area (Å²) in [6, 6.07) is 11.0. The van der Waals surface area contributed by atoms with E-state index >= 15 is 0 Å². The maximum atomic E-state index is 9.19. The Labute approximate surface area is 143 Å². The lowest BCUT2D eigenvalue weighted by Gasteiger charge is -2.24. The van der Waals surface area contributed by atoms with E-state index in [9.17, 15) is 8.42 Å². The summed E-state index contributed by atoms with van der Waals surface area (Å²) >= 11 is 0. The topological polar surface area (TPSA) is 75.4 Å². The molecule has 0 aliphatic carbocycles. The van der Waals surface area contributed by atoms with Crippen LogP contribution in [0.2, 0.25) is 0 Å². The van der Waals surface area contributed by atoms with Crippen LogP contribution >= 0.6 is 0 Å². The van der Waals surface area contributed by atoms with Gasteiger partial charge in [0.2, 0.25) is 0 Å². The third kappa shape index (κ3) is 4.90. The molecule has 1 N–H and O–H groups in total. The summed E-state index contributed by atoms with van der Waals surface area (Å²) in [5, 5.41) is 4.89. The van der Waals surface area contributed by atoms with Crippen LogP contribution in [0.1, 0.15) is 31.1 Å². The lowest BCUT2D eigenvalue weighted by molar-refractivity contribution is 0.305. The predicted octanol–water partition coefficient (Wildman–Crippen LogP) is 2.62. The van der Waals surface area contributed by atoms with Crippen molar-refractivity contribution in [1.29, 1.82) is 0 Å². The van der Waals surface area contributed by atoms with E-state index in [1.807, 2.05) is 0 Å². The van der Waals surface area contributed by atoms with Crippen LogP contribution in [0.4, 0.5) is 0 Å². The average molecular weight is 351 g/mol. The highest BCUT2D eigenvalue weighted by Gasteiger charge is 2.24. The van der Waals surface area contributed by atoms with Crippen molar-refractivity contribution in [1.82, 2.24) is 14.7 Å². The first-order valence-corrected chi connectivity index (χ1v) is 9.78. The Morgan fingerprint density at radius 1 is 1.21 bits per heavy atom. The minimum Gasteiger partial charge on any atom is -0.302 e. The summed E-state index contributed by atoms with van der Waals surface area (Å²) in [4.78, 5) is 2.38. The number of nitrogens with zero attached hydrogens (tertiary/aromatic N) is 3. The SMILES string of the molecule is CC(C)n1nc(-c2ccccc2)c2c1CCN(C)C2.CS(=O)(=O)O. The van der Waals surface area contributed by atoms with Crippen LogP contribution in [0.15, 0.2) is 30.3 Å². The van der Waals surface area contributed by atoms with Gasteiger partial charge < -0.3 is 4.90 Å². The molecule has 3 rings (SSSR count). The molecule has 2 aromatic rings. The Bertz CT molecular complexity index is 775. The molecule has 1 aliphatic rings. The summed E-state index contributed by atoms with van der Waals surface area (Å²) in [7, 11) is -1.48. The Hall–Kier alpha value is -1.70. The van der Waals surface area contributed by atoms with E-state index < -0.39 is 10.1 Å². The molecular formula is C17H25N3O3S. The highest BCUT2D eigenvalue weighted by Crippen LogP contribution is 2.31. The van der Waals surface area contributed by atoms with Gasteiger partial charge in [0.15, 0.2) is 0 Å². The smallest absolute Gasteiger partial charge is 0.261 e. The number of rotatable bonds is 2. The van der Waals surface area contributed by atoms with Gasteiger partial charge in [-0.15, -0.1) is 0 Å². The highest BCUT2D eigenvalue weighted by molar-refractivity contribution is 7.85. The van der Waals surface area contributed by atoms with Gasteiger partial charge in [-0.1, -0.05) is 30.3 Å². The summed E-state index contributed by atoms with van der Waals surface area (Å²) in [5.41, 5.74) is 5.23. The third-order valence-corrected chi connectivity index (χ3v) is 3.81. The van der Waals surface area contributed by atoms with Crippen molar-refractivity contribution in [3.8, 4) is 11.3 Å². The second-order valence-electron chi connectivity index (χ2n) is 6.40. The molecule has 0 atom stereocenters. The van der Waals surface area contributed by atoms with Crippen molar-refractivity contribution in [3.05, 3.63) is 41.6 Å². The van der Waals surface area contributed by atoms with E-state index in [1.54, 1.807) is 0 Å². The first-order valence-electron chi connectivity index (χ1n) is 7.93. The van der Waals surface area contributed by atoms with Gasteiger partial charge in [0, 0.05) is 42.4 Å². The van der Waals surface area contributed by atoms with E-state index in [-0.39, 0.29) is 0 Å². The van der Waals surface area contributed by atoms with Crippen molar-refractivity contribution in [3.63, 3.8) is 0 Å². The molecule has 0 amide bonds. The minimum atomic E-state index is -3.67. The molecule has 1 aromatic heterocycles. The van der Waals surface area contributed by atoms with Crippen LogP contribution in [0, 0.1) is 0 Å². The van der Waals surface area contributed by atoms with E-state index in [1.165, 1.54) is 16.8 Å². The average Bonchev–Trinajstić information content (AvgIpc) is 2.85. The first-order chi connectivity index (χ1) is 11.2. The van der Waals surface area contributed by atoms with Crippen LogP contribution in [-0.4, -0.2) is 47.5 Å². The van der Waals surface area contributed by atoms with Crippen LogP contribution in [0.25, 0.3) is 11.3 Å². The van der Waals surface area contributed by atoms with Gasteiger partial charge in [-0.3, -0.25) is 9.23 Å². The second kappa shape index (κ2) is 7.46. The molecule has 0 fully saturated rings. The summed E-state index contributed by atoms with van der Waals surface area (Å²) in [6.07, 6.45) is 1.82. The van der Waals surface area contributed by atoms with Gasteiger partial charge in [0.25, 0.3) is 10.1 Å². The third-order valence-electron chi connectivity index (χ3n) is 3.81. The first kappa shape index (κ1) is 18.6. The summed E-state index contributed by atoms with van der Waals surface area (Å²) in [6.45, 7) is 6.55. The van der Waals surface area contributed by atoms with Gasteiger partial charge >= 0.3 is 0 Å². The zero-order valence-corrected chi connectivity index (χ0v) is 15.4. The standard InChI is InChI=1S/C16H21N3.CH4O3S/c1-12(2)19-15-9-10-18(3)11-14(15)16(17-19)13-7-5-4-6-8-13;1-5(2,3)4/h4-8,12H,9-11H2,1-3H3;1H3,(H,2,3,4). The van der Waals surface area contributed by atoms with Crippen LogP contribution < -0.4 is 0 Å². The monoisotopic (exact) mass is 351 g/mol. The molecular weight excluding hydrogens is 326 g/mol. The lowest BCUT2D eigenvalue weighted by atomic mass is 10.0.